The van der Waals surface area contributed by atoms with Gasteiger partial charge in [0.2, 0.25) is 0 Å². The Kier molecular flexibility index (Phi) is 5.48. The van der Waals surface area contributed by atoms with Crippen LogP contribution in [-0.4, -0.2) is 30.8 Å². The number of hydrogen-bond acceptors (Lipinski definition) is 4. The normalized spacial score (nSPS) is 11.6. The zero-order valence-corrected chi connectivity index (χ0v) is 14.7. The molecule has 0 fully saturated rings. The van der Waals surface area contributed by atoms with Gasteiger partial charge in [-0.1, -0.05) is 43.3 Å². The van der Waals surface area contributed by atoms with Crippen LogP contribution in [-0.2, 0) is 13.1 Å². The van der Waals surface area contributed by atoms with E-state index in [0.29, 0.717) is 42.9 Å². The first-order chi connectivity index (χ1) is 12.7. The number of imidazole rings is 1. The smallest absolute Gasteiger partial charge is 0.332 e. The van der Waals surface area contributed by atoms with Crippen LogP contribution in [0.1, 0.15) is 31.2 Å². The maximum Gasteiger partial charge on any atom is 0.332 e. The van der Waals surface area contributed by atoms with E-state index in [4.69, 9.17) is 5.11 Å². The lowest BCUT2D eigenvalue weighted by Gasteiger charge is -2.09. The van der Waals surface area contributed by atoms with Crippen LogP contribution in [0.2, 0.25) is 0 Å². The van der Waals surface area contributed by atoms with E-state index in [1.54, 1.807) is 6.08 Å². The summed E-state index contributed by atoms with van der Waals surface area (Å²) in [6, 6.07) is 9.74. The van der Waals surface area contributed by atoms with E-state index < -0.39 is 0 Å². The van der Waals surface area contributed by atoms with E-state index in [0.717, 1.165) is 5.56 Å². The molecule has 0 aliphatic carbocycles. The molecule has 0 bridgehead atoms. The molecule has 2 heterocycles. The second-order valence-corrected chi connectivity index (χ2v) is 6.03. The lowest BCUT2D eigenvalue weighted by molar-refractivity contribution is 0.279. The van der Waals surface area contributed by atoms with Crippen molar-refractivity contribution in [3.63, 3.8) is 0 Å². The van der Waals surface area contributed by atoms with E-state index in [9.17, 15) is 9.59 Å². The number of nitrogens with one attached hydrogen (secondary N) is 1. The first-order valence-corrected chi connectivity index (χ1v) is 8.73. The van der Waals surface area contributed by atoms with Crippen molar-refractivity contribution in [3.8, 4) is 0 Å². The summed E-state index contributed by atoms with van der Waals surface area (Å²) in [6.07, 6.45) is 4.76. The number of aliphatic hydroxyl groups is 1. The summed E-state index contributed by atoms with van der Waals surface area (Å²) in [4.78, 5) is 32.8. The van der Waals surface area contributed by atoms with Gasteiger partial charge in [0.05, 0.1) is 0 Å². The molecule has 2 aromatic heterocycles. The maximum atomic E-state index is 12.7. The molecule has 136 valence electrons. The minimum Gasteiger partial charge on any atom is -0.396 e. The molecule has 3 rings (SSSR count). The fraction of sp³-hybridized carbons (Fsp3) is 0.316. The number of aliphatic hydroxyl groups excluding tert-OH is 1. The number of aromatic nitrogens is 4. The second-order valence-electron chi connectivity index (χ2n) is 6.03. The Labute approximate surface area is 150 Å². The number of benzene rings is 1. The fourth-order valence-electron chi connectivity index (χ4n) is 2.85. The van der Waals surface area contributed by atoms with Gasteiger partial charge in [0, 0.05) is 19.7 Å². The van der Waals surface area contributed by atoms with Crippen LogP contribution in [0, 0.1) is 0 Å². The van der Waals surface area contributed by atoms with Crippen LogP contribution in [0.15, 0.2) is 39.9 Å². The summed E-state index contributed by atoms with van der Waals surface area (Å²) in [5.41, 5.74) is 0.896. The third-order valence-corrected chi connectivity index (χ3v) is 4.10. The minimum atomic E-state index is -0.386. The van der Waals surface area contributed by atoms with Crippen LogP contribution >= 0.6 is 0 Å². The van der Waals surface area contributed by atoms with Crippen molar-refractivity contribution >= 4 is 23.3 Å². The number of hydrogen-bond donors (Lipinski definition) is 2. The molecule has 0 amide bonds. The van der Waals surface area contributed by atoms with Crippen LogP contribution in [0.3, 0.4) is 0 Å². The average Bonchev–Trinajstić information content (AvgIpc) is 3.09. The Morgan fingerprint density at radius 1 is 1.12 bits per heavy atom. The third kappa shape index (κ3) is 3.52. The van der Waals surface area contributed by atoms with E-state index in [-0.39, 0.29) is 17.9 Å². The van der Waals surface area contributed by atoms with Gasteiger partial charge in [0.15, 0.2) is 5.65 Å². The van der Waals surface area contributed by atoms with Gasteiger partial charge < -0.3 is 10.1 Å². The molecule has 0 saturated heterocycles. The van der Waals surface area contributed by atoms with Gasteiger partial charge in [-0.05, 0) is 24.5 Å². The molecule has 0 spiro atoms. The molecular formula is C19H22N4O3. The molecule has 3 aromatic rings. The summed E-state index contributed by atoms with van der Waals surface area (Å²) >= 11 is 0. The van der Waals surface area contributed by atoms with Gasteiger partial charge >= 0.3 is 5.69 Å². The van der Waals surface area contributed by atoms with Crippen molar-refractivity contribution in [2.75, 3.05) is 6.61 Å². The minimum absolute atomic E-state index is 0.0357. The third-order valence-electron chi connectivity index (χ3n) is 4.10. The lowest BCUT2D eigenvalue weighted by atomic mass is 10.2. The van der Waals surface area contributed by atoms with Crippen LogP contribution in [0.25, 0.3) is 23.3 Å². The molecule has 7 heteroatoms. The zero-order valence-electron chi connectivity index (χ0n) is 14.7. The summed E-state index contributed by atoms with van der Waals surface area (Å²) in [5, 5.41) is 9.11. The van der Waals surface area contributed by atoms with Crippen molar-refractivity contribution in [2.45, 2.75) is 32.9 Å². The van der Waals surface area contributed by atoms with Gasteiger partial charge in [-0.15, -0.1) is 0 Å². The molecule has 2 N–H and O–H groups in total. The van der Waals surface area contributed by atoms with Crippen LogP contribution in [0.5, 0.6) is 0 Å². The largest absolute Gasteiger partial charge is 0.396 e. The van der Waals surface area contributed by atoms with Crippen molar-refractivity contribution in [2.24, 2.45) is 0 Å². The Hall–Kier alpha value is -2.93. The Morgan fingerprint density at radius 3 is 2.58 bits per heavy atom. The van der Waals surface area contributed by atoms with Crippen molar-refractivity contribution in [3.05, 3.63) is 62.6 Å². The predicted octanol–water partition coefficient (Wildman–Crippen LogP) is 1.85. The molecule has 7 nitrogen and oxygen atoms in total. The van der Waals surface area contributed by atoms with E-state index in [2.05, 4.69) is 9.97 Å². The Bertz CT molecular complexity index is 1030. The summed E-state index contributed by atoms with van der Waals surface area (Å²) in [5.74, 6) is 0.507. The van der Waals surface area contributed by atoms with Gasteiger partial charge in [-0.3, -0.25) is 13.9 Å². The molecule has 26 heavy (non-hydrogen) atoms. The van der Waals surface area contributed by atoms with Gasteiger partial charge in [-0.25, -0.2) is 9.78 Å². The van der Waals surface area contributed by atoms with Crippen molar-refractivity contribution in [1.82, 2.24) is 19.1 Å². The molecule has 0 unspecified atom stereocenters. The molecule has 0 aliphatic heterocycles. The molecule has 0 atom stereocenters. The van der Waals surface area contributed by atoms with Gasteiger partial charge in [0.1, 0.15) is 11.3 Å². The standard InChI is InChI=1S/C19H22N4O3/c1-2-11-23-18(25)16-17(22(19(23)26)12-6-13-24)21-15(20-16)10-9-14-7-4-3-5-8-14/h3-5,7-10,24H,2,6,11-13H2,1H3,(H,20,21). The monoisotopic (exact) mass is 354 g/mol. The number of rotatable bonds is 7. The fourth-order valence-corrected chi connectivity index (χ4v) is 2.85. The molecule has 0 aliphatic rings. The number of aromatic amines is 1. The highest BCUT2D eigenvalue weighted by atomic mass is 16.3. The molecule has 1 aromatic carbocycles. The molecule has 0 saturated carbocycles. The van der Waals surface area contributed by atoms with E-state index >= 15 is 0 Å². The second kappa shape index (κ2) is 7.97. The Balaban J connectivity index is 2.12. The number of fused-ring (bicyclic) bond motifs is 1. The Morgan fingerprint density at radius 2 is 1.88 bits per heavy atom. The van der Waals surface area contributed by atoms with Gasteiger partial charge in [0.25, 0.3) is 5.56 Å². The highest BCUT2D eigenvalue weighted by molar-refractivity contribution is 5.75. The van der Waals surface area contributed by atoms with Crippen molar-refractivity contribution < 1.29 is 5.11 Å². The number of aryl methyl sites for hydroxylation is 1. The van der Waals surface area contributed by atoms with Gasteiger partial charge in [-0.2, -0.15) is 0 Å². The van der Waals surface area contributed by atoms with E-state index in [1.165, 1.54) is 9.13 Å². The SMILES string of the molecule is CCCn1c(=O)c2[nH]c(C=Cc3ccccc3)nc2n(CCCO)c1=O. The highest BCUT2D eigenvalue weighted by Gasteiger charge is 2.16. The number of nitrogens with zero attached hydrogens (tertiary/aromatic N) is 3. The predicted molar refractivity (Wildman–Crippen MR) is 102 cm³/mol. The average molecular weight is 354 g/mol. The molecule has 0 radical (unpaired) electrons. The first-order valence-electron chi connectivity index (χ1n) is 8.73. The van der Waals surface area contributed by atoms with Crippen LogP contribution < -0.4 is 11.2 Å². The maximum absolute atomic E-state index is 12.7. The summed E-state index contributed by atoms with van der Waals surface area (Å²) < 4.78 is 2.68. The summed E-state index contributed by atoms with van der Waals surface area (Å²) in [6.45, 7) is 2.53. The highest BCUT2D eigenvalue weighted by Crippen LogP contribution is 2.10. The lowest BCUT2D eigenvalue weighted by Crippen LogP contribution is -2.40. The van der Waals surface area contributed by atoms with Crippen molar-refractivity contribution in [1.29, 1.82) is 0 Å². The van der Waals surface area contributed by atoms with Crippen LogP contribution in [0.4, 0.5) is 0 Å². The topological polar surface area (TPSA) is 92.9 Å². The number of H-pyrrole nitrogens is 1. The summed E-state index contributed by atoms with van der Waals surface area (Å²) in [7, 11) is 0. The van der Waals surface area contributed by atoms with E-state index in [1.807, 2.05) is 43.3 Å². The zero-order chi connectivity index (χ0) is 18.5. The molecular weight excluding hydrogens is 332 g/mol. The quantitative estimate of drug-likeness (QED) is 0.677. The first kappa shape index (κ1) is 17.9.